The zero-order valence-electron chi connectivity index (χ0n) is 10.2. The van der Waals surface area contributed by atoms with Gasteiger partial charge in [0.05, 0.1) is 11.3 Å². The Hall–Kier alpha value is -1.82. The molecule has 1 aromatic rings. The topological polar surface area (TPSA) is 44.1 Å². The second-order valence-corrected chi connectivity index (χ2v) is 4.87. The maximum Gasteiger partial charge on any atom is 0.150 e. The van der Waals surface area contributed by atoms with Crippen LogP contribution >= 0.6 is 0 Å². The molecule has 0 spiro atoms. The van der Waals surface area contributed by atoms with E-state index in [1.807, 2.05) is 6.07 Å². The third-order valence-electron chi connectivity index (χ3n) is 3.61. The molecule has 0 saturated carbocycles. The van der Waals surface area contributed by atoms with Crippen molar-refractivity contribution in [3.8, 4) is 6.07 Å². The van der Waals surface area contributed by atoms with E-state index in [4.69, 9.17) is 5.26 Å². The molecule has 1 fully saturated rings. The second kappa shape index (κ2) is 4.58. The van der Waals surface area contributed by atoms with Crippen molar-refractivity contribution in [1.29, 1.82) is 5.26 Å². The van der Waals surface area contributed by atoms with E-state index in [9.17, 15) is 4.79 Å². The Morgan fingerprint density at radius 3 is 2.53 bits per heavy atom. The number of aldehydes is 1. The summed E-state index contributed by atoms with van der Waals surface area (Å²) in [6.45, 7) is 6.43. The van der Waals surface area contributed by atoms with Gasteiger partial charge in [-0.2, -0.15) is 5.26 Å². The normalized spacial score (nSPS) is 23.5. The minimum atomic E-state index is 0.561. The first kappa shape index (κ1) is 11.7. The molecule has 2 unspecified atom stereocenters. The molecule has 0 radical (unpaired) electrons. The molecule has 3 nitrogen and oxygen atoms in total. The zero-order valence-corrected chi connectivity index (χ0v) is 10.2. The van der Waals surface area contributed by atoms with E-state index in [2.05, 4.69) is 24.8 Å². The number of nitriles is 1. The summed E-state index contributed by atoms with van der Waals surface area (Å²) in [5.74, 6) is 1.29. The molecule has 1 heterocycles. The first-order chi connectivity index (χ1) is 8.15. The van der Waals surface area contributed by atoms with Crippen LogP contribution in [0.25, 0.3) is 0 Å². The van der Waals surface area contributed by atoms with Gasteiger partial charge in [-0.3, -0.25) is 4.79 Å². The molecule has 0 amide bonds. The van der Waals surface area contributed by atoms with Crippen molar-refractivity contribution in [3.63, 3.8) is 0 Å². The van der Waals surface area contributed by atoms with Gasteiger partial charge in [0.25, 0.3) is 0 Å². The molecule has 3 heteroatoms. The summed E-state index contributed by atoms with van der Waals surface area (Å²) < 4.78 is 0. The van der Waals surface area contributed by atoms with Crippen LogP contribution < -0.4 is 4.90 Å². The maximum absolute atomic E-state index is 10.7. The van der Waals surface area contributed by atoms with Crippen molar-refractivity contribution in [3.05, 3.63) is 29.3 Å². The largest absolute Gasteiger partial charge is 0.370 e. The number of anilines is 1. The highest BCUT2D eigenvalue weighted by atomic mass is 16.1. The van der Waals surface area contributed by atoms with Crippen molar-refractivity contribution in [2.75, 3.05) is 18.0 Å². The summed E-state index contributed by atoms with van der Waals surface area (Å²) in [7, 11) is 0. The summed E-state index contributed by atoms with van der Waals surface area (Å²) in [5.41, 5.74) is 2.11. The van der Waals surface area contributed by atoms with Gasteiger partial charge in [-0.25, -0.2) is 0 Å². The van der Waals surface area contributed by atoms with Gasteiger partial charge in [-0.05, 0) is 30.0 Å². The highest BCUT2D eigenvalue weighted by Gasteiger charge is 2.27. The number of nitrogens with zero attached hydrogens (tertiary/aromatic N) is 2. The van der Waals surface area contributed by atoms with Gasteiger partial charge in [-0.1, -0.05) is 13.8 Å². The van der Waals surface area contributed by atoms with Gasteiger partial charge in [0, 0.05) is 18.7 Å². The van der Waals surface area contributed by atoms with Gasteiger partial charge in [0.2, 0.25) is 0 Å². The van der Waals surface area contributed by atoms with Crippen LogP contribution in [0.15, 0.2) is 18.2 Å². The first-order valence-corrected chi connectivity index (χ1v) is 5.90. The molecule has 0 aromatic heterocycles. The smallest absolute Gasteiger partial charge is 0.150 e. The molecule has 1 aromatic carbocycles. The highest BCUT2D eigenvalue weighted by Crippen LogP contribution is 2.30. The lowest BCUT2D eigenvalue weighted by Crippen LogP contribution is -2.20. The SMILES string of the molecule is CC1CN(c2ccc(C=O)cc2C#N)CC1C. The molecule has 2 rings (SSSR count). The lowest BCUT2D eigenvalue weighted by molar-refractivity contribution is 0.112. The van der Waals surface area contributed by atoms with Gasteiger partial charge < -0.3 is 4.90 Å². The van der Waals surface area contributed by atoms with Crippen LogP contribution in [-0.2, 0) is 0 Å². The van der Waals surface area contributed by atoms with Crippen LogP contribution in [0.2, 0.25) is 0 Å². The zero-order chi connectivity index (χ0) is 12.4. The minimum Gasteiger partial charge on any atom is -0.370 e. The Labute approximate surface area is 102 Å². The van der Waals surface area contributed by atoms with Crippen LogP contribution in [0, 0.1) is 23.2 Å². The van der Waals surface area contributed by atoms with Gasteiger partial charge in [0.15, 0.2) is 0 Å². The van der Waals surface area contributed by atoms with Crippen molar-refractivity contribution >= 4 is 12.0 Å². The molecule has 1 aliphatic rings. The van der Waals surface area contributed by atoms with Crippen LogP contribution in [0.3, 0.4) is 0 Å². The quantitative estimate of drug-likeness (QED) is 0.730. The van der Waals surface area contributed by atoms with E-state index in [1.54, 1.807) is 12.1 Å². The Morgan fingerprint density at radius 1 is 1.35 bits per heavy atom. The maximum atomic E-state index is 10.7. The first-order valence-electron chi connectivity index (χ1n) is 5.90. The molecule has 0 aliphatic carbocycles. The fourth-order valence-electron chi connectivity index (χ4n) is 2.32. The minimum absolute atomic E-state index is 0.561. The van der Waals surface area contributed by atoms with Crippen LogP contribution in [-0.4, -0.2) is 19.4 Å². The number of hydrogen-bond acceptors (Lipinski definition) is 3. The van der Waals surface area contributed by atoms with Crippen molar-refractivity contribution in [2.24, 2.45) is 11.8 Å². The Morgan fingerprint density at radius 2 is 2.00 bits per heavy atom. The monoisotopic (exact) mass is 228 g/mol. The lowest BCUT2D eigenvalue weighted by atomic mass is 10.0. The fourth-order valence-corrected chi connectivity index (χ4v) is 2.32. The van der Waals surface area contributed by atoms with Crippen LogP contribution in [0.4, 0.5) is 5.69 Å². The number of carbonyl (C=O) groups is 1. The molecule has 88 valence electrons. The summed E-state index contributed by atoms with van der Waals surface area (Å²) in [6, 6.07) is 7.50. The molecule has 1 saturated heterocycles. The fraction of sp³-hybridized carbons (Fsp3) is 0.429. The molecular formula is C14H16N2O. The Kier molecular flexibility index (Phi) is 3.14. The number of hydrogen-bond donors (Lipinski definition) is 0. The van der Waals surface area contributed by atoms with Crippen molar-refractivity contribution < 1.29 is 4.79 Å². The molecule has 0 bridgehead atoms. The Balaban J connectivity index is 2.33. The van der Waals surface area contributed by atoms with Gasteiger partial charge in [0.1, 0.15) is 12.4 Å². The van der Waals surface area contributed by atoms with Crippen LogP contribution in [0.5, 0.6) is 0 Å². The van der Waals surface area contributed by atoms with E-state index >= 15 is 0 Å². The van der Waals surface area contributed by atoms with Gasteiger partial charge in [-0.15, -0.1) is 0 Å². The van der Waals surface area contributed by atoms with E-state index in [0.717, 1.165) is 25.1 Å². The van der Waals surface area contributed by atoms with Crippen LogP contribution in [0.1, 0.15) is 29.8 Å². The van der Waals surface area contributed by atoms with Gasteiger partial charge >= 0.3 is 0 Å². The third kappa shape index (κ3) is 2.16. The second-order valence-electron chi connectivity index (χ2n) is 4.87. The molecular weight excluding hydrogens is 212 g/mol. The third-order valence-corrected chi connectivity index (χ3v) is 3.61. The average Bonchev–Trinajstić information content (AvgIpc) is 2.68. The highest BCUT2D eigenvalue weighted by molar-refractivity contribution is 5.78. The summed E-state index contributed by atoms with van der Waals surface area (Å²) in [6.07, 6.45) is 0.778. The summed E-state index contributed by atoms with van der Waals surface area (Å²) in [5, 5.41) is 9.14. The van der Waals surface area contributed by atoms with E-state index in [1.165, 1.54) is 0 Å². The number of rotatable bonds is 2. The van der Waals surface area contributed by atoms with E-state index < -0.39 is 0 Å². The van der Waals surface area contributed by atoms with Crippen molar-refractivity contribution in [2.45, 2.75) is 13.8 Å². The predicted octanol–water partition coefficient (Wildman–Crippen LogP) is 2.46. The number of benzene rings is 1. The molecule has 2 atom stereocenters. The predicted molar refractivity (Wildman–Crippen MR) is 67.1 cm³/mol. The van der Waals surface area contributed by atoms with E-state index in [-0.39, 0.29) is 0 Å². The van der Waals surface area contributed by atoms with Crippen molar-refractivity contribution in [1.82, 2.24) is 0 Å². The molecule has 1 aliphatic heterocycles. The van der Waals surface area contributed by atoms with E-state index in [0.29, 0.717) is 23.0 Å². The average molecular weight is 228 g/mol. The summed E-state index contributed by atoms with van der Waals surface area (Å²) >= 11 is 0. The Bertz CT molecular complexity index is 466. The lowest BCUT2D eigenvalue weighted by Gasteiger charge is -2.19. The molecule has 0 N–H and O–H groups in total. The standard InChI is InChI=1S/C14H16N2O/c1-10-7-16(8-11(10)2)14-4-3-12(9-17)5-13(14)6-15/h3-5,9-11H,7-8H2,1-2H3. The summed E-state index contributed by atoms with van der Waals surface area (Å²) in [4.78, 5) is 12.9. The molecule has 17 heavy (non-hydrogen) atoms. The number of carbonyl (C=O) groups excluding carboxylic acids is 1.